The summed E-state index contributed by atoms with van der Waals surface area (Å²) in [5.41, 5.74) is 1.42. The van der Waals surface area contributed by atoms with E-state index in [-0.39, 0.29) is 6.79 Å². The summed E-state index contributed by atoms with van der Waals surface area (Å²) in [7, 11) is 0. The second-order valence-electron chi connectivity index (χ2n) is 5.44. The quantitative estimate of drug-likeness (QED) is 0.677. The minimum atomic E-state index is -0.491. The second kappa shape index (κ2) is 4.89. The monoisotopic (exact) mass is 324 g/mol. The topological polar surface area (TPSA) is 71.8 Å². The molecule has 0 unspecified atom stereocenters. The maximum atomic E-state index is 12.3. The van der Waals surface area contributed by atoms with Crippen LogP contribution >= 0.6 is 0 Å². The first-order valence-corrected chi connectivity index (χ1v) is 7.53. The van der Waals surface area contributed by atoms with Crippen molar-refractivity contribution < 1.29 is 19.0 Å². The molecule has 120 valence electrons. The molecule has 0 saturated heterocycles. The van der Waals surface area contributed by atoms with Crippen molar-refractivity contribution in [3.63, 3.8) is 0 Å². The Bertz CT molecular complexity index is 1030. The van der Waals surface area contributed by atoms with Crippen molar-refractivity contribution in [2.75, 3.05) is 20.0 Å². The smallest absolute Gasteiger partial charge is 0.381 e. The molecule has 7 heteroatoms. The van der Waals surface area contributed by atoms with Gasteiger partial charge in [0.1, 0.15) is 19.0 Å². The van der Waals surface area contributed by atoms with Crippen LogP contribution < -0.4 is 24.7 Å². The molecule has 7 nitrogen and oxygen atoms in total. The molecule has 3 heterocycles. The van der Waals surface area contributed by atoms with Gasteiger partial charge in [0.05, 0.1) is 16.6 Å². The van der Waals surface area contributed by atoms with Crippen LogP contribution in [0.15, 0.2) is 41.2 Å². The molecule has 2 aromatic carbocycles. The number of hydrogen-bond donors (Lipinski definition) is 0. The molecule has 5 rings (SSSR count). The standard InChI is InChI=1S/C17H12N2O5/c20-17-18-16(10-4-5-12-14(8-10)22-7-6-21-12)15-11-2-1-3-13(15)23-9-24-19(11)17/h1-5,8H,6-7,9H2. The number of benzene rings is 2. The predicted molar refractivity (Wildman–Crippen MR) is 84.5 cm³/mol. The lowest BCUT2D eigenvalue weighted by atomic mass is 10.0. The van der Waals surface area contributed by atoms with Crippen molar-refractivity contribution in [1.29, 1.82) is 0 Å². The summed E-state index contributed by atoms with van der Waals surface area (Å²) in [6, 6.07) is 11.0. The normalized spacial score (nSPS) is 14.8. The van der Waals surface area contributed by atoms with Crippen LogP contribution in [0.5, 0.6) is 17.2 Å². The average molecular weight is 324 g/mol. The molecule has 0 amide bonds. The Morgan fingerprint density at radius 3 is 2.75 bits per heavy atom. The van der Waals surface area contributed by atoms with Gasteiger partial charge in [-0.1, -0.05) is 6.07 Å². The van der Waals surface area contributed by atoms with Gasteiger partial charge in [0.15, 0.2) is 11.5 Å². The van der Waals surface area contributed by atoms with Crippen molar-refractivity contribution in [3.05, 3.63) is 46.9 Å². The maximum Gasteiger partial charge on any atom is 0.381 e. The predicted octanol–water partition coefficient (Wildman–Crippen LogP) is 1.61. The third kappa shape index (κ3) is 1.84. The van der Waals surface area contributed by atoms with Gasteiger partial charge < -0.3 is 19.0 Å². The molecule has 0 fully saturated rings. The van der Waals surface area contributed by atoms with Gasteiger partial charge in [0.2, 0.25) is 0 Å². The summed E-state index contributed by atoms with van der Waals surface area (Å²) in [5.74, 6) is 1.95. The van der Waals surface area contributed by atoms with Crippen molar-refractivity contribution in [2.24, 2.45) is 0 Å². The van der Waals surface area contributed by atoms with E-state index in [4.69, 9.17) is 19.0 Å². The van der Waals surface area contributed by atoms with Gasteiger partial charge in [-0.3, -0.25) is 0 Å². The first-order chi connectivity index (χ1) is 11.8. The Balaban J connectivity index is 1.82. The van der Waals surface area contributed by atoms with Crippen molar-refractivity contribution in [1.82, 2.24) is 9.71 Å². The Labute approximate surface area is 135 Å². The molecule has 24 heavy (non-hydrogen) atoms. The van der Waals surface area contributed by atoms with Gasteiger partial charge in [0.25, 0.3) is 6.79 Å². The van der Waals surface area contributed by atoms with Crippen LogP contribution in [0, 0.1) is 0 Å². The molecule has 0 N–H and O–H groups in total. The van der Waals surface area contributed by atoms with Crippen molar-refractivity contribution in [2.45, 2.75) is 0 Å². The first-order valence-electron chi connectivity index (χ1n) is 7.53. The minimum Gasteiger partial charge on any atom is -0.486 e. The van der Waals surface area contributed by atoms with E-state index in [0.717, 1.165) is 15.7 Å². The van der Waals surface area contributed by atoms with Gasteiger partial charge >= 0.3 is 5.69 Å². The Hall–Kier alpha value is -3.22. The number of ether oxygens (including phenoxy) is 3. The summed E-state index contributed by atoms with van der Waals surface area (Å²) in [6.45, 7) is 0.976. The summed E-state index contributed by atoms with van der Waals surface area (Å²) in [6.07, 6.45) is 0. The Morgan fingerprint density at radius 2 is 1.83 bits per heavy atom. The first kappa shape index (κ1) is 13.2. The number of rotatable bonds is 1. The summed E-state index contributed by atoms with van der Waals surface area (Å²) in [5, 5.41) is 0.728. The largest absolute Gasteiger partial charge is 0.486 e. The molecule has 4 bridgehead atoms. The van der Waals surface area contributed by atoms with Crippen molar-refractivity contribution in [3.8, 4) is 28.5 Å². The van der Waals surface area contributed by atoms with E-state index in [2.05, 4.69) is 4.98 Å². The fraction of sp³-hybridized carbons (Fsp3) is 0.176. The van der Waals surface area contributed by atoms with E-state index in [1.54, 1.807) is 6.07 Å². The highest BCUT2D eigenvalue weighted by Gasteiger charge is 2.21. The van der Waals surface area contributed by atoms with E-state index in [1.165, 1.54) is 0 Å². The van der Waals surface area contributed by atoms with Crippen LogP contribution in [0.2, 0.25) is 0 Å². The highest BCUT2D eigenvalue weighted by Crippen LogP contribution is 2.38. The van der Waals surface area contributed by atoms with E-state index < -0.39 is 5.69 Å². The lowest BCUT2D eigenvalue weighted by molar-refractivity contribution is 0.00850. The number of fused-ring (bicyclic) bond motifs is 1. The second-order valence-corrected chi connectivity index (χ2v) is 5.44. The van der Waals surface area contributed by atoms with E-state index in [0.29, 0.717) is 41.7 Å². The van der Waals surface area contributed by atoms with E-state index in [9.17, 15) is 4.79 Å². The van der Waals surface area contributed by atoms with Crippen LogP contribution in [-0.2, 0) is 0 Å². The van der Waals surface area contributed by atoms with Gasteiger partial charge in [0, 0.05) is 5.56 Å². The summed E-state index contributed by atoms with van der Waals surface area (Å²) < 4.78 is 17.9. The van der Waals surface area contributed by atoms with Crippen LogP contribution in [-0.4, -0.2) is 29.7 Å². The van der Waals surface area contributed by atoms with Crippen molar-refractivity contribution >= 4 is 10.9 Å². The Kier molecular flexibility index (Phi) is 2.70. The lowest BCUT2D eigenvalue weighted by Crippen LogP contribution is -2.30. The fourth-order valence-corrected chi connectivity index (χ4v) is 3.01. The molecular weight excluding hydrogens is 312 g/mol. The maximum absolute atomic E-state index is 12.3. The zero-order valence-corrected chi connectivity index (χ0v) is 12.5. The number of aromatic nitrogens is 2. The van der Waals surface area contributed by atoms with E-state index >= 15 is 0 Å². The Morgan fingerprint density at radius 1 is 0.958 bits per heavy atom. The molecule has 2 aliphatic heterocycles. The van der Waals surface area contributed by atoms with Gasteiger partial charge in [-0.2, -0.15) is 4.98 Å². The van der Waals surface area contributed by atoms with Crippen LogP contribution in [0.1, 0.15) is 0 Å². The highest BCUT2D eigenvalue weighted by molar-refractivity contribution is 5.97. The molecule has 3 aromatic rings. The van der Waals surface area contributed by atoms with Gasteiger partial charge in [-0.25, -0.2) is 4.79 Å². The molecule has 1 aromatic heterocycles. The zero-order chi connectivity index (χ0) is 16.1. The summed E-state index contributed by atoms with van der Waals surface area (Å²) >= 11 is 0. The lowest BCUT2D eigenvalue weighted by Gasteiger charge is -2.19. The average Bonchev–Trinajstić information content (AvgIpc) is 2.69. The molecule has 0 aliphatic carbocycles. The molecule has 0 radical (unpaired) electrons. The molecular formula is C17H12N2O5. The SMILES string of the molecule is O=c1nc(-c2ccc3c(c2)OCCO3)c2c3cccc2n1OCO3. The highest BCUT2D eigenvalue weighted by atomic mass is 16.8. The third-order valence-electron chi connectivity index (χ3n) is 4.05. The number of hydrogen-bond acceptors (Lipinski definition) is 6. The van der Waals surface area contributed by atoms with Crippen LogP contribution in [0.4, 0.5) is 0 Å². The number of nitrogens with zero attached hydrogens (tertiary/aromatic N) is 2. The third-order valence-corrected chi connectivity index (χ3v) is 4.05. The molecule has 2 aliphatic rings. The molecule has 0 spiro atoms. The van der Waals surface area contributed by atoms with Gasteiger partial charge in [-0.05, 0) is 30.3 Å². The minimum absolute atomic E-state index is 0.0454. The molecule has 0 atom stereocenters. The van der Waals surface area contributed by atoms with Crippen LogP contribution in [0.25, 0.3) is 22.2 Å². The van der Waals surface area contributed by atoms with Gasteiger partial charge in [-0.15, -0.1) is 4.73 Å². The summed E-state index contributed by atoms with van der Waals surface area (Å²) in [4.78, 5) is 21.9. The fourth-order valence-electron chi connectivity index (χ4n) is 3.01. The van der Waals surface area contributed by atoms with Crippen LogP contribution in [0.3, 0.4) is 0 Å². The molecule has 0 saturated carbocycles. The van der Waals surface area contributed by atoms with E-state index in [1.807, 2.05) is 30.3 Å². The zero-order valence-electron chi connectivity index (χ0n) is 12.5.